The number of nitrogens with zero attached hydrogens (tertiary/aromatic N) is 2. The van der Waals surface area contributed by atoms with Crippen LogP contribution in [0.2, 0.25) is 0 Å². The quantitative estimate of drug-likeness (QED) is 0.862. The number of fused-ring (bicyclic) bond motifs is 1. The molecule has 1 aromatic heterocycles. The molecule has 0 spiro atoms. The van der Waals surface area contributed by atoms with Crippen molar-refractivity contribution in [2.75, 3.05) is 11.9 Å². The number of rotatable bonds is 4. The van der Waals surface area contributed by atoms with Crippen LogP contribution in [0.1, 0.15) is 55.8 Å². The average molecular weight is 229 g/mol. The van der Waals surface area contributed by atoms with Gasteiger partial charge in [0.15, 0.2) is 0 Å². The fraction of sp³-hybridized carbons (Fsp3) is 0.571. The van der Waals surface area contributed by atoms with Crippen LogP contribution in [-0.2, 0) is 6.42 Å². The number of anilines is 1. The minimum Gasteiger partial charge on any atom is -0.369 e. The highest BCUT2D eigenvalue weighted by Gasteiger charge is 2.24. The van der Waals surface area contributed by atoms with E-state index in [1.165, 1.54) is 17.7 Å². The van der Waals surface area contributed by atoms with Crippen LogP contribution in [0.15, 0.2) is 6.07 Å². The molecule has 3 heteroatoms. The van der Waals surface area contributed by atoms with Crippen molar-refractivity contribution in [2.24, 2.45) is 0 Å². The fourth-order valence-electron chi connectivity index (χ4n) is 2.45. The molecular formula is C14H19N3. The van der Waals surface area contributed by atoms with Crippen LogP contribution in [0.4, 0.5) is 5.82 Å². The Morgan fingerprint density at radius 3 is 3.00 bits per heavy atom. The number of pyridine rings is 1. The molecule has 1 unspecified atom stereocenters. The van der Waals surface area contributed by atoms with E-state index in [-0.39, 0.29) is 0 Å². The molecule has 0 aliphatic heterocycles. The molecule has 0 radical (unpaired) electrons. The maximum absolute atomic E-state index is 9.14. The van der Waals surface area contributed by atoms with Crippen LogP contribution in [0.25, 0.3) is 0 Å². The van der Waals surface area contributed by atoms with Crippen molar-refractivity contribution in [3.63, 3.8) is 0 Å². The summed E-state index contributed by atoms with van der Waals surface area (Å²) in [6.07, 6.45) is 4.43. The Hall–Kier alpha value is -1.56. The summed E-state index contributed by atoms with van der Waals surface area (Å²) in [5.41, 5.74) is 3.18. The van der Waals surface area contributed by atoms with E-state index in [1.54, 1.807) is 0 Å². The molecule has 1 aliphatic rings. The predicted molar refractivity (Wildman–Crippen MR) is 69.1 cm³/mol. The third kappa shape index (κ3) is 2.26. The molecule has 0 saturated heterocycles. The summed E-state index contributed by atoms with van der Waals surface area (Å²) in [5, 5.41) is 12.4. The van der Waals surface area contributed by atoms with Gasteiger partial charge in [0.25, 0.3) is 0 Å². The number of nitrogens with one attached hydrogen (secondary N) is 1. The van der Waals surface area contributed by atoms with Crippen molar-refractivity contribution in [1.29, 1.82) is 5.26 Å². The van der Waals surface area contributed by atoms with Crippen LogP contribution in [-0.4, -0.2) is 11.5 Å². The molecule has 0 amide bonds. The summed E-state index contributed by atoms with van der Waals surface area (Å²) in [6, 6.07) is 4.27. The lowest BCUT2D eigenvalue weighted by atomic mass is 10.0. The summed E-state index contributed by atoms with van der Waals surface area (Å²) >= 11 is 0. The lowest BCUT2D eigenvalue weighted by Gasteiger charge is -2.11. The van der Waals surface area contributed by atoms with E-state index in [9.17, 15) is 0 Å². The first-order valence-corrected chi connectivity index (χ1v) is 6.47. The molecular weight excluding hydrogens is 210 g/mol. The molecule has 1 heterocycles. The second-order valence-corrected chi connectivity index (χ2v) is 4.61. The van der Waals surface area contributed by atoms with Gasteiger partial charge in [0.1, 0.15) is 11.9 Å². The van der Waals surface area contributed by atoms with Crippen LogP contribution in [0, 0.1) is 11.3 Å². The fourth-order valence-corrected chi connectivity index (χ4v) is 2.45. The van der Waals surface area contributed by atoms with Gasteiger partial charge in [-0.2, -0.15) is 5.26 Å². The monoisotopic (exact) mass is 229 g/mol. The molecule has 0 saturated carbocycles. The molecule has 1 N–H and O–H groups in total. The zero-order valence-electron chi connectivity index (χ0n) is 10.6. The van der Waals surface area contributed by atoms with Gasteiger partial charge in [0.2, 0.25) is 0 Å². The first kappa shape index (κ1) is 11.9. The third-order valence-corrected chi connectivity index (χ3v) is 3.44. The third-order valence-electron chi connectivity index (χ3n) is 3.44. The number of nitriles is 1. The van der Waals surface area contributed by atoms with E-state index >= 15 is 0 Å². The Labute approximate surface area is 103 Å². The van der Waals surface area contributed by atoms with E-state index in [4.69, 9.17) is 5.26 Å². The Balaban J connectivity index is 2.36. The van der Waals surface area contributed by atoms with E-state index < -0.39 is 0 Å². The van der Waals surface area contributed by atoms with Crippen molar-refractivity contribution in [2.45, 2.75) is 45.4 Å². The first-order valence-electron chi connectivity index (χ1n) is 6.47. The van der Waals surface area contributed by atoms with Crippen molar-refractivity contribution in [1.82, 2.24) is 4.98 Å². The van der Waals surface area contributed by atoms with Gasteiger partial charge < -0.3 is 5.32 Å². The van der Waals surface area contributed by atoms with E-state index in [2.05, 4.69) is 30.2 Å². The molecule has 1 atom stereocenters. The van der Waals surface area contributed by atoms with Gasteiger partial charge >= 0.3 is 0 Å². The Morgan fingerprint density at radius 2 is 2.35 bits per heavy atom. The van der Waals surface area contributed by atoms with Gasteiger partial charge in [-0.25, -0.2) is 4.98 Å². The van der Waals surface area contributed by atoms with Crippen molar-refractivity contribution >= 4 is 5.82 Å². The summed E-state index contributed by atoms with van der Waals surface area (Å²) in [7, 11) is 0. The Bertz CT molecular complexity index is 446. The van der Waals surface area contributed by atoms with E-state index in [0.29, 0.717) is 11.5 Å². The van der Waals surface area contributed by atoms with Gasteiger partial charge in [0.05, 0.1) is 5.56 Å². The van der Waals surface area contributed by atoms with E-state index in [0.717, 1.165) is 31.6 Å². The predicted octanol–water partition coefficient (Wildman–Crippen LogP) is 3.21. The molecule has 0 fully saturated rings. The highest BCUT2D eigenvalue weighted by atomic mass is 15.0. The molecule has 1 aliphatic carbocycles. The van der Waals surface area contributed by atoms with Crippen LogP contribution in [0.3, 0.4) is 0 Å². The normalized spacial score (nSPS) is 17.6. The number of aromatic nitrogens is 1. The van der Waals surface area contributed by atoms with Crippen molar-refractivity contribution < 1.29 is 0 Å². The van der Waals surface area contributed by atoms with Crippen molar-refractivity contribution in [3.8, 4) is 6.07 Å². The standard InChI is InChI=1S/C14H19N3/c1-3-7-16-14-12(9-15)8-11-6-5-10(4-2)13(11)17-14/h8,10H,3-7H2,1-2H3,(H,16,17). The summed E-state index contributed by atoms with van der Waals surface area (Å²) in [6.45, 7) is 5.19. The molecule has 2 rings (SSSR count). The van der Waals surface area contributed by atoms with E-state index in [1.807, 2.05) is 6.07 Å². The van der Waals surface area contributed by atoms with Gasteiger partial charge in [-0.05, 0) is 37.3 Å². The van der Waals surface area contributed by atoms with Crippen LogP contribution in [0.5, 0.6) is 0 Å². The first-order chi connectivity index (χ1) is 8.30. The SMILES string of the molecule is CCCNc1nc2c(cc1C#N)CCC2CC. The molecule has 1 aromatic rings. The number of aryl methyl sites for hydroxylation is 1. The highest BCUT2D eigenvalue weighted by Crippen LogP contribution is 2.35. The average Bonchev–Trinajstić information content (AvgIpc) is 2.76. The van der Waals surface area contributed by atoms with Crippen LogP contribution >= 0.6 is 0 Å². The Morgan fingerprint density at radius 1 is 1.53 bits per heavy atom. The van der Waals surface area contributed by atoms with Gasteiger partial charge in [-0.3, -0.25) is 0 Å². The van der Waals surface area contributed by atoms with Crippen LogP contribution < -0.4 is 5.32 Å². The van der Waals surface area contributed by atoms with Crippen molar-refractivity contribution in [3.05, 3.63) is 22.9 Å². The number of hydrogen-bond donors (Lipinski definition) is 1. The zero-order valence-corrected chi connectivity index (χ0v) is 10.6. The second-order valence-electron chi connectivity index (χ2n) is 4.61. The largest absolute Gasteiger partial charge is 0.369 e. The maximum atomic E-state index is 9.14. The smallest absolute Gasteiger partial charge is 0.144 e. The summed E-state index contributed by atoms with van der Waals surface area (Å²) in [5.74, 6) is 1.35. The maximum Gasteiger partial charge on any atom is 0.144 e. The zero-order chi connectivity index (χ0) is 12.3. The summed E-state index contributed by atoms with van der Waals surface area (Å²) in [4.78, 5) is 4.68. The minimum absolute atomic E-state index is 0.583. The lowest BCUT2D eigenvalue weighted by Crippen LogP contribution is -2.07. The minimum atomic E-state index is 0.583. The Kier molecular flexibility index (Phi) is 3.63. The molecule has 0 aromatic carbocycles. The van der Waals surface area contributed by atoms with Gasteiger partial charge in [0, 0.05) is 18.2 Å². The van der Waals surface area contributed by atoms with Gasteiger partial charge in [-0.15, -0.1) is 0 Å². The second kappa shape index (κ2) is 5.18. The highest BCUT2D eigenvalue weighted by molar-refractivity contribution is 5.55. The number of hydrogen-bond acceptors (Lipinski definition) is 3. The van der Waals surface area contributed by atoms with Gasteiger partial charge in [-0.1, -0.05) is 13.8 Å². The lowest BCUT2D eigenvalue weighted by molar-refractivity contribution is 0.643. The topological polar surface area (TPSA) is 48.7 Å². The molecule has 3 nitrogen and oxygen atoms in total. The molecule has 17 heavy (non-hydrogen) atoms. The molecule has 0 bridgehead atoms. The molecule has 90 valence electrons. The summed E-state index contributed by atoms with van der Waals surface area (Å²) < 4.78 is 0.